The van der Waals surface area contributed by atoms with E-state index < -0.39 is 43.8 Å². The fraction of sp³-hybridized carbons (Fsp3) is 0.365. The molecular weight excluding hydrogens is 1510 g/mol. The molecule has 11 N–H and O–H groups in total. The molecule has 106 heavy (non-hydrogen) atoms. The van der Waals surface area contributed by atoms with E-state index in [0.29, 0.717) is 79.3 Å². The van der Waals surface area contributed by atoms with Crippen LogP contribution >= 0.6 is 0 Å². The normalized spacial score (nSPS) is 13.5. The number of anilines is 8. The van der Waals surface area contributed by atoms with E-state index >= 15 is 0 Å². The molecule has 0 spiro atoms. The zero-order valence-corrected chi connectivity index (χ0v) is 66.1. The van der Waals surface area contributed by atoms with Crippen LogP contribution in [0.1, 0.15) is 0 Å². The van der Waals surface area contributed by atoms with Gasteiger partial charge in [0.05, 0.1) is 148 Å². The van der Waals surface area contributed by atoms with Crippen molar-refractivity contribution in [2.45, 2.75) is 0 Å². The summed E-state index contributed by atoms with van der Waals surface area (Å²) >= 11 is 0. The Morgan fingerprint density at radius 2 is 0.415 bits per heavy atom. The van der Waals surface area contributed by atoms with Crippen molar-refractivity contribution >= 4 is 92.4 Å². The van der Waals surface area contributed by atoms with Gasteiger partial charge in [-0.1, -0.05) is 0 Å². The number of hydrogen-bond donors (Lipinski definition) is 11. The first kappa shape index (κ1) is 98.6. The standard InChI is InChI=1S/2C30H34N6O12.3CH4O.2ClH.2K/c2*37-29(31-21-1-5-23(6-2-21)35(39)40)33-25-19-27-28(20-26(25)34-30(38)32-22-3-7-24(8-4-22)36(41)42)48-18-16-46-14-12-44-10-9-43-11-13-45-15-17-47-27;3*1-2;;;;/h2*1-8,19-20H,9-18H2,(H2,31,33,37)(H2,32,34,38);3*2H,1H3;2*1H;;/q;;;;;;;2*+1/p-2. The predicted octanol–water partition coefficient (Wildman–Crippen LogP) is -3.90. The average Bonchev–Trinajstić information content (AvgIpc) is 0.820. The molecule has 0 unspecified atom stereocenters. The van der Waals surface area contributed by atoms with Gasteiger partial charge in [-0.25, -0.2) is 19.2 Å². The number of hydrogen-bond acceptors (Lipinski definition) is 27. The number of carbonyl (C=O) groups excluding carboxylic acids is 4. The van der Waals surface area contributed by atoms with Gasteiger partial charge in [0.1, 0.15) is 26.4 Å². The van der Waals surface area contributed by atoms with Crippen molar-refractivity contribution in [2.75, 3.05) is 196 Å². The second kappa shape index (κ2) is 58.7. The van der Waals surface area contributed by atoms with E-state index in [1.807, 2.05) is 0 Å². The molecule has 2 heterocycles. The van der Waals surface area contributed by atoms with Crippen molar-refractivity contribution in [3.05, 3.63) is 162 Å². The van der Waals surface area contributed by atoms with Crippen molar-refractivity contribution in [1.82, 2.24) is 0 Å². The monoisotopic (exact) mass is 1580 g/mol. The number of nitrogens with zero attached hydrogens (tertiary/aromatic N) is 4. The van der Waals surface area contributed by atoms with Crippen LogP contribution in [0.15, 0.2) is 121 Å². The van der Waals surface area contributed by atoms with Crippen LogP contribution in [-0.2, 0) is 37.9 Å². The van der Waals surface area contributed by atoms with Gasteiger partial charge in [0.2, 0.25) is 0 Å². The Kier molecular flexibility index (Phi) is 54.6. The third-order valence-electron chi connectivity index (χ3n) is 12.7. The Morgan fingerprint density at radius 1 is 0.274 bits per heavy atom. The number of fused-ring (bicyclic) bond motifs is 2. The maximum atomic E-state index is 13.0. The maximum absolute atomic E-state index is 13.0. The summed E-state index contributed by atoms with van der Waals surface area (Å²) < 4.78 is 67.7. The summed E-state index contributed by atoms with van der Waals surface area (Å²) in [5.74, 6) is 0.857. The van der Waals surface area contributed by atoms with Crippen molar-refractivity contribution in [3.63, 3.8) is 0 Å². The summed E-state index contributed by atoms with van der Waals surface area (Å²) in [5, 5.41) is 85.8. The number of amides is 8. The molecule has 2 aliphatic heterocycles. The summed E-state index contributed by atoms with van der Waals surface area (Å²) in [4.78, 5) is 93.7. The van der Waals surface area contributed by atoms with Gasteiger partial charge in [-0.15, -0.1) is 0 Å². The van der Waals surface area contributed by atoms with Crippen LogP contribution < -0.4 is 189 Å². The molecule has 0 saturated heterocycles. The summed E-state index contributed by atoms with van der Waals surface area (Å²) in [6.45, 7) is 5.78. The van der Waals surface area contributed by atoms with E-state index in [-0.39, 0.29) is 272 Å². The van der Waals surface area contributed by atoms with Gasteiger partial charge in [-0.2, -0.15) is 0 Å². The number of halogens is 2. The van der Waals surface area contributed by atoms with Gasteiger partial charge in [-0.05, 0) is 48.5 Å². The van der Waals surface area contributed by atoms with Gasteiger partial charge < -0.3 is 140 Å². The van der Waals surface area contributed by atoms with Gasteiger partial charge >= 0.3 is 127 Å². The average molecular weight is 1590 g/mol. The van der Waals surface area contributed by atoms with Crippen molar-refractivity contribution < 1.29 is 239 Å². The summed E-state index contributed by atoms with van der Waals surface area (Å²) in [6, 6.07) is 23.6. The van der Waals surface area contributed by atoms with Crippen LogP contribution in [0.3, 0.4) is 0 Å². The molecule has 6 aromatic carbocycles. The Hall–Kier alpha value is -7.39. The number of non-ortho nitro benzene ring substituents is 4. The molecule has 0 fully saturated rings. The van der Waals surface area contributed by atoms with Gasteiger partial charge in [0.25, 0.3) is 22.7 Å². The molecule has 2 aliphatic rings. The second-order valence-corrected chi connectivity index (χ2v) is 19.5. The molecular formula is C63H80Cl2K2N12O27. The first-order valence-corrected chi connectivity index (χ1v) is 30.7. The van der Waals surface area contributed by atoms with Crippen molar-refractivity contribution in [3.8, 4) is 23.0 Å². The topological polar surface area (TPSA) is 509 Å². The number of benzene rings is 6. The number of nitrogens with one attached hydrogen (secondary N) is 8. The summed E-state index contributed by atoms with van der Waals surface area (Å²) in [6.07, 6.45) is 0. The van der Waals surface area contributed by atoms with E-state index in [1.54, 1.807) is 0 Å². The molecule has 39 nitrogen and oxygen atoms in total. The first-order valence-electron chi connectivity index (χ1n) is 30.7. The van der Waals surface area contributed by atoms with Gasteiger partial charge in [-0.3, -0.25) is 40.5 Å². The zero-order chi connectivity index (χ0) is 74.3. The van der Waals surface area contributed by atoms with Crippen LogP contribution in [0, 0.1) is 40.5 Å². The molecule has 0 atom stereocenters. The van der Waals surface area contributed by atoms with Crippen LogP contribution in [0.2, 0.25) is 0 Å². The van der Waals surface area contributed by atoms with Gasteiger partial charge in [0.15, 0.2) is 23.0 Å². The third kappa shape index (κ3) is 38.9. The van der Waals surface area contributed by atoms with E-state index in [9.17, 15) is 59.6 Å². The van der Waals surface area contributed by atoms with E-state index in [4.69, 9.17) is 72.2 Å². The molecule has 43 heteroatoms. The maximum Gasteiger partial charge on any atom is 1.00 e. The molecule has 8 amide bonds. The number of ether oxygens (including phenoxy) is 12. The Labute approximate surface area is 704 Å². The number of aliphatic hydroxyl groups excluding tert-OH is 3. The van der Waals surface area contributed by atoms with Crippen molar-refractivity contribution in [1.29, 1.82) is 0 Å². The number of urea groups is 4. The summed E-state index contributed by atoms with van der Waals surface area (Å²) in [7, 11) is 3.00. The number of carbonyl (C=O) groups is 4. The van der Waals surface area contributed by atoms with Crippen molar-refractivity contribution in [2.24, 2.45) is 0 Å². The Bertz CT molecular complexity index is 3120. The van der Waals surface area contributed by atoms with Crippen LogP contribution in [-0.4, -0.2) is 213 Å². The van der Waals surface area contributed by atoms with Crippen LogP contribution in [0.4, 0.5) is 87.4 Å². The molecule has 0 bridgehead atoms. The molecule has 8 rings (SSSR count). The minimum atomic E-state index is -0.734. The number of rotatable bonds is 12. The molecule has 570 valence electrons. The number of aliphatic hydroxyl groups is 3. The number of nitro benzene ring substituents is 4. The molecule has 0 radical (unpaired) electrons. The van der Waals surface area contributed by atoms with E-state index in [2.05, 4.69) is 42.5 Å². The van der Waals surface area contributed by atoms with Gasteiger partial charge in [0, 0.05) is 117 Å². The summed E-state index contributed by atoms with van der Waals surface area (Å²) in [5.41, 5.74) is 0.866. The fourth-order valence-electron chi connectivity index (χ4n) is 8.16. The minimum Gasteiger partial charge on any atom is -1.00 e. The fourth-order valence-corrected chi connectivity index (χ4v) is 8.16. The van der Waals surface area contributed by atoms with E-state index in [1.165, 1.54) is 121 Å². The second-order valence-electron chi connectivity index (χ2n) is 19.5. The van der Waals surface area contributed by atoms with E-state index in [0.717, 1.165) is 21.3 Å². The third-order valence-corrected chi connectivity index (χ3v) is 12.7. The number of nitro groups is 4. The zero-order valence-electron chi connectivity index (χ0n) is 58.4. The smallest absolute Gasteiger partial charge is 1.00 e. The largest absolute Gasteiger partial charge is 1.00 e. The predicted molar refractivity (Wildman–Crippen MR) is 369 cm³/mol. The first-order chi connectivity index (χ1) is 49.6. The Morgan fingerprint density at radius 3 is 0.557 bits per heavy atom. The molecule has 0 aromatic heterocycles. The molecule has 6 aromatic rings. The minimum absolute atomic E-state index is 0. The van der Waals surface area contributed by atoms with Crippen LogP contribution in [0.5, 0.6) is 23.0 Å². The molecule has 0 aliphatic carbocycles. The SMILES string of the molecule is CO.CO.CO.O=C(Nc1ccc([N+](=O)[O-])cc1)Nc1cc2c(cc1NC(=O)Nc1ccc([N+](=O)[O-])cc1)OCCOCCOCCOCCOCCO2.O=C(Nc1ccc([N+](=O)[O-])cc1)Nc1cc2c(cc1NC(=O)Nc1ccc([N+](=O)[O-])cc1)OCCOCCOCCOCCOCCO2.[Cl-].[Cl-].[K+].[K+]. The molecule has 0 saturated carbocycles. The Balaban J connectivity index is 0.00000188. The van der Waals surface area contributed by atoms with Crippen LogP contribution in [0.25, 0.3) is 0 Å². The quantitative estimate of drug-likeness (QED) is 0.0317.